The highest BCUT2D eigenvalue weighted by Gasteiger charge is 2.45. The van der Waals surface area contributed by atoms with Crippen molar-refractivity contribution in [1.29, 1.82) is 0 Å². The summed E-state index contributed by atoms with van der Waals surface area (Å²) in [6, 6.07) is 2.69. The molecule has 3 fully saturated rings. The zero-order valence-electron chi connectivity index (χ0n) is 22.4. The molecule has 1 saturated carbocycles. The Hall–Kier alpha value is -2.46. The maximum atomic E-state index is 13.6. The third kappa shape index (κ3) is 6.22. The van der Waals surface area contributed by atoms with E-state index in [-0.39, 0.29) is 41.8 Å². The van der Waals surface area contributed by atoms with Gasteiger partial charge in [0.1, 0.15) is 24.3 Å². The molecular weight excluding hydrogens is 508 g/mol. The van der Waals surface area contributed by atoms with Crippen LogP contribution in [0, 0.1) is 17.8 Å². The Morgan fingerprint density at radius 2 is 1.84 bits per heavy atom. The van der Waals surface area contributed by atoms with E-state index in [4.69, 9.17) is 4.74 Å². The lowest BCUT2D eigenvalue weighted by Crippen LogP contribution is -2.54. The number of rotatable bonds is 7. The summed E-state index contributed by atoms with van der Waals surface area (Å²) < 4.78 is 6.06. The number of phenols is 2. The van der Waals surface area contributed by atoms with Crippen LogP contribution in [0.2, 0.25) is 0 Å². The number of esters is 1. The summed E-state index contributed by atoms with van der Waals surface area (Å²) in [5, 5.41) is 29.8. The molecule has 3 aliphatic rings. The fourth-order valence-electron chi connectivity index (χ4n) is 6.01. The first kappa shape index (κ1) is 28.5. The van der Waals surface area contributed by atoms with E-state index >= 15 is 0 Å². The fourth-order valence-corrected chi connectivity index (χ4v) is 7.16. The van der Waals surface area contributed by atoms with Crippen LogP contribution >= 0.6 is 11.8 Å². The van der Waals surface area contributed by atoms with Gasteiger partial charge in [-0.25, -0.2) is 4.79 Å². The van der Waals surface area contributed by atoms with Crippen molar-refractivity contribution in [1.82, 2.24) is 9.80 Å². The van der Waals surface area contributed by atoms with Crippen LogP contribution in [0.5, 0.6) is 11.5 Å². The average molecular weight is 549 g/mol. The minimum atomic E-state index is -1.41. The van der Waals surface area contributed by atoms with Crippen molar-refractivity contribution in [3.8, 4) is 11.5 Å². The molecule has 2 amide bonds. The highest BCUT2D eigenvalue weighted by molar-refractivity contribution is 7.99. The van der Waals surface area contributed by atoms with Gasteiger partial charge in [-0.2, -0.15) is 0 Å². The third-order valence-corrected chi connectivity index (χ3v) is 9.25. The minimum Gasteiger partial charge on any atom is -0.504 e. The zero-order chi connectivity index (χ0) is 27.6. The number of amides is 2. The Balaban J connectivity index is 1.40. The van der Waals surface area contributed by atoms with Crippen molar-refractivity contribution >= 4 is 29.5 Å². The van der Waals surface area contributed by atoms with E-state index in [9.17, 15) is 29.7 Å². The van der Waals surface area contributed by atoms with E-state index in [1.54, 1.807) is 4.90 Å². The number of hydrogen-bond donors (Lipinski definition) is 3. The van der Waals surface area contributed by atoms with Crippen LogP contribution in [0.3, 0.4) is 0 Å². The van der Waals surface area contributed by atoms with Crippen LogP contribution in [0.15, 0.2) is 18.2 Å². The lowest BCUT2D eigenvalue weighted by molar-refractivity contribution is -0.165. The molecule has 1 aromatic rings. The Bertz CT molecular complexity index is 1030. The predicted molar refractivity (Wildman–Crippen MR) is 143 cm³/mol. The number of nitrogens with zero attached hydrogens (tertiary/aromatic N) is 2. The van der Waals surface area contributed by atoms with E-state index in [0.29, 0.717) is 48.5 Å². The van der Waals surface area contributed by atoms with Gasteiger partial charge in [-0.05, 0) is 61.1 Å². The number of aliphatic hydroxyl groups is 1. The molecule has 38 heavy (non-hydrogen) atoms. The van der Waals surface area contributed by atoms with Crippen LogP contribution in [-0.4, -0.2) is 85.4 Å². The molecule has 2 heterocycles. The molecule has 1 aromatic carbocycles. The highest BCUT2D eigenvalue weighted by Crippen LogP contribution is 2.36. The number of aliphatic hydroxyl groups excluding tert-OH is 1. The number of aromatic hydroxyl groups is 2. The molecule has 0 aromatic heterocycles. The van der Waals surface area contributed by atoms with Gasteiger partial charge in [0.2, 0.25) is 5.91 Å². The lowest BCUT2D eigenvalue weighted by atomic mass is 9.75. The SMILES string of the molecule is CC(C)[C@@H]1CC[C@@H](C)C[C@H]1OC(=O)C1CCCN1C(=O)C1CSCN1C(=O)C(O)Cc1ccc(O)c(O)c1. The number of ether oxygens (including phenoxy) is 1. The highest BCUT2D eigenvalue weighted by atomic mass is 32.2. The van der Waals surface area contributed by atoms with Gasteiger partial charge in [-0.15, -0.1) is 11.8 Å². The second-order valence-corrected chi connectivity index (χ2v) is 12.4. The summed E-state index contributed by atoms with van der Waals surface area (Å²) in [7, 11) is 0. The van der Waals surface area contributed by atoms with Gasteiger partial charge < -0.3 is 29.9 Å². The molecule has 10 heteroatoms. The van der Waals surface area contributed by atoms with Gasteiger partial charge in [-0.1, -0.05) is 33.3 Å². The van der Waals surface area contributed by atoms with Crippen molar-refractivity contribution < 1.29 is 34.4 Å². The van der Waals surface area contributed by atoms with E-state index in [0.717, 1.165) is 19.3 Å². The second kappa shape index (κ2) is 12.2. The number of benzene rings is 1. The van der Waals surface area contributed by atoms with Crippen LogP contribution in [0.25, 0.3) is 0 Å². The number of phenolic OH excluding ortho intramolecular Hbond substituents is 2. The first-order chi connectivity index (χ1) is 18.1. The second-order valence-electron chi connectivity index (χ2n) is 11.4. The summed E-state index contributed by atoms with van der Waals surface area (Å²) in [6.45, 7) is 6.95. The number of likely N-dealkylation sites (tertiary alicyclic amines) is 1. The summed E-state index contributed by atoms with van der Waals surface area (Å²) in [6.07, 6.45) is 2.63. The Kier molecular flexibility index (Phi) is 9.13. The van der Waals surface area contributed by atoms with Gasteiger partial charge >= 0.3 is 5.97 Å². The minimum absolute atomic E-state index is 0.0652. The average Bonchev–Trinajstić information content (AvgIpc) is 3.55. The molecule has 9 nitrogen and oxygen atoms in total. The fraction of sp³-hybridized carbons (Fsp3) is 0.679. The molecule has 6 atom stereocenters. The van der Waals surface area contributed by atoms with Crippen LogP contribution < -0.4 is 0 Å². The van der Waals surface area contributed by atoms with Gasteiger partial charge in [0.05, 0.1) is 5.88 Å². The predicted octanol–water partition coefficient (Wildman–Crippen LogP) is 2.90. The van der Waals surface area contributed by atoms with Crippen molar-refractivity contribution in [3.63, 3.8) is 0 Å². The van der Waals surface area contributed by atoms with E-state index < -0.39 is 24.1 Å². The van der Waals surface area contributed by atoms with Gasteiger partial charge in [-0.3, -0.25) is 9.59 Å². The standard InChI is InChI=1S/C28H40N2O7S/c1-16(2)19-8-6-17(3)11-25(19)37-28(36)20-5-4-10-29(20)26(34)21-14-38-15-30(21)27(35)24(33)13-18-7-9-22(31)23(32)12-18/h7,9,12,16-17,19-21,24-25,31-33H,4-6,8,10-11,13-15H2,1-3H3/t17-,19+,20?,21?,24?,25-/m1/s1. The smallest absolute Gasteiger partial charge is 0.329 e. The largest absolute Gasteiger partial charge is 0.504 e. The van der Waals surface area contributed by atoms with E-state index in [2.05, 4.69) is 20.8 Å². The van der Waals surface area contributed by atoms with Gasteiger partial charge in [0, 0.05) is 18.7 Å². The molecule has 3 unspecified atom stereocenters. The Morgan fingerprint density at radius 1 is 1.08 bits per heavy atom. The zero-order valence-corrected chi connectivity index (χ0v) is 23.2. The van der Waals surface area contributed by atoms with Crippen molar-refractivity contribution in [2.75, 3.05) is 18.2 Å². The van der Waals surface area contributed by atoms with Gasteiger partial charge in [0.25, 0.3) is 5.91 Å². The number of carbonyl (C=O) groups excluding carboxylic acids is 3. The van der Waals surface area contributed by atoms with Crippen LogP contribution in [0.1, 0.15) is 58.4 Å². The van der Waals surface area contributed by atoms with Crippen molar-refractivity contribution in [2.45, 2.75) is 83.6 Å². The molecule has 0 spiro atoms. The number of hydrogen-bond acceptors (Lipinski definition) is 8. The maximum Gasteiger partial charge on any atom is 0.329 e. The Labute approximate surface area is 228 Å². The molecule has 2 saturated heterocycles. The van der Waals surface area contributed by atoms with Gasteiger partial charge in [0.15, 0.2) is 11.5 Å². The third-order valence-electron chi connectivity index (χ3n) is 8.24. The topological polar surface area (TPSA) is 128 Å². The monoisotopic (exact) mass is 548 g/mol. The van der Waals surface area contributed by atoms with E-state index in [1.165, 1.54) is 34.9 Å². The molecule has 2 aliphatic heterocycles. The maximum absolute atomic E-state index is 13.6. The molecule has 3 N–H and O–H groups in total. The van der Waals surface area contributed by atoms with E-state index in [1.807, 2.05) is 0 Å². The number of carbonyl (C=O) groups is 3. The summed E-state index contributed by atoms with van der Waals surface area (Å²) >= 11 is 1.43. The molecular formula is C28H40N2O7S. The first-order valence-corrected chi connectivity index (χ1v) is 14.8. The van der Waals surface area contributed by atoms with Crippen LogP contribution in [0.4, 0.5) is 0 Å². The first-order valence-electron chi connectivity index (χ1n) is 13.6. The Morgan fingerprint density at radius 3 is 2.55 bits per heavy atom. The molecule has 1 aliphatic carbocycles. The summed E-state index contributed by atoms with van der Waals surface area (Å²) in [5.41, 5.74) is 0.481. The van der Waals surface area contributed by atoms with Crippen molar-refractivity contribution in [2.24, 2.45) is 17.8 Å². The quantitative estimate of drug-likeness (QED) is 0.351. The normalized spacial score (nSPS) is 28.5. The van der Waals surface area contributed by atoms with Crippen LogP contribution in [-0.2, 0) is 25.5 Å². The molecule has 0 bridgehead atoms. The molecule has 4 rings (SSSR count). The number of thioether (sulfide) groups is 1. The summed E-state index contributed by atoms with van der Waals surface area (Å²) in [5.74, 6) is 0.0639. The molecule has 0 radical (unpaired) electrons. The van der Waals surface area contributed by atoms with Crippen molar-refractivity contribution in [3.05, 3.63) is 23.8 Å². The lowest BCUT2D eigenvalue weighted by Gasteiger charge is -2.38. The molecule has 210 valence electrons. The summed E-state index contributed by atoms with van der Waals surface area (Å²) in [4.78, 5) is 43.0.